The molecule has 0 aliphatic heterocycles. The summed E-state index contributed by atoms with van der Waals surface area (Å²) in [6.07, 6.45) is 12.7. The quantitative estimate of drug-likeness (QED) is 0.536. The van der Waals surface area contributed by atoms with Crippen LogP contribution in [-0.2, 0) is 0 Å². The Labute approximate surface area is 96.0 Å². The van der Waals surface area contributed by atoms with Crippen LogP contribution in [0.5, 0.6) is 0 Å². The van der Waals surface area contributed by atoms with Crippen LogP contribution >= 0.6 is 0 Å². The monoisotopic (exact) mass is 211 g/mol. The van der Waals surface area contributed by atoms with Crippen molar-refractivity contribution in [3.63, 3.8) is 0 Å². The molecule has 1 saturated carbocycles. The molecule has 0 amide bonds. The topological polar surface area (TPSA) is 12.0 Å². The number of hydrogen-bond donors (Lipinski definition) is 1. The summed E-state index contributed by atoms with van der Waals surface area (Å²) in [6, 6.07) is 0.834. The van der Waals surface area contributed by atoms with Gasteiger partial charge in [-0.05, 0) is 38.1 Å². The van der Waals surface area contributed by atoms with Gasteiger partial charge >= 0.3 is 0 Å². The van der Waals surface area contributed by atoms with Gasteiger partial charge in [0.2, 0.25) is 0 Å². The predicted molar refractivity (Wildman–Crippen MR) is 68.2 cm³/mol. The molecule has 1 atom stereocenters. The Hall–Kier alpha value is -0.0400. The lowest BCUT2D eigenvalue weighted by atomic mass is 10.1. The first kappa shape index (κ1) is 13.0. The van der Waals surface area contributed by atoms with Crippen LogP contribution in [0.3, 0.4) is 0 Å². The molecular weight excluding hydrogens is 182 g/mol. The summed E-state index contributed by atoms with van der Waals surface area (Å²) < 4.78 is 0. The molecule has 1 unspecified atom stereocenters. The van der Waals surface area contributed by atoms with Gasteiger partial charge in [-0.3, -0.25) is 0 Å². The molecule has 1 aliphatic carbocycles. The van der Waals surface area contributed by atoms with Crippen molar-refractivity contribution in [2.45, 2.75) is 77.7 Å². The van der Waals surface area contributed by atoms with Gasteiger partial charge in [0.05, 0.1) is 0 Å². The molecule has 15 heavy (non-hydrogen) atoms. The van der Waals surface area contributed by atoms with Crippen molar-refractivity contribution in [2.24, 2.45) is 5.92 Å². The molecule has 0 heterocycles. The summed E-state index contributed by atoms with van der Waals surface area (Å²) in [5.41, 5.74) is 0. The summed E-state index contributed by atoms with van der Waals surface area (Å²) in [7, 11) is 0. The van der Waals surface area contributed by atoms with E-state index >= 15 is 0 Å². The van der Waals surface area contributed by atoms with E-state index in [0.29, 0.717) is 0 Å². The van der Waals surface area contributed by atoms with E-state index in [-0.39, 0.29) is 0 Å². The first-order chi connectivity index (χ1) is 7.38. The molecule has 0 saturated heterocycles. The average Bonchev–Trinajstić information content (AvgIpc) is 3.06. The molecule has 1 N–H and O–H groups in total. The minimum Gasteiger partial charge on any atom is -0.314 e. The smallest absolute Gasteiger partial charge is 0.00927 e. The van der Waals surface area contributed by atoms with Gasteiger partial charge in [-0.15, -0.1) is 0 Å². The van der Waals surface area contributed by atoms with E-state index < -0.39 is 0 Å². The SMILES string of the molecule is CCCCCCCCNC(CC)C1CC1. The molecule has 0 radical (unpaired) electrons. The normalized spacial score (nSPS) is 18.0. The van der Waals surface area contributed by atoms with Gasteiger partial charge in [-0.25, -0.2) is 0 Å². The maximum absolute atomic E-state index is 3.72. The highest BCUT2D eigenvalue weighted by atomic mass is 14.9. The van der Waals surface area contributed by atoms with E-state index in [1.54, 1.807) is 0 Å². The van der Waals surface area contributed by atoms with Gasteiger partial charge in [0.25, 0.3) is 0 Å². The van der Waals surface area contributed by atoms with Gasteiger partial charge in [-0.2, -0.15) is 0 Å². The molecular formula is C14H29N. The summed E-state index contributed by atoms with van der Waals surface area (Å²) >= 11 is 0. The highest BCUT2D eigenvalue weighted by Gasteiger charge is 2.28. The molecule has 1 rings (SSSR count). The third-order valence-corrected chi connectivity index (χ3v) is 3.57. The molecule has 0 aromatic carbocycles. The van der Waals surface area contributed by atoms with Crippen molar-refractivity contribution in [3.05, 3.63) is 0 Å². The summed E-state index contributed by atoms with van der Waals surface area (Å²) in [6.45, 7) is 5.85. The van der Waals surface area contributed by atoms with Crippen molar-refractivity contribution in [1.29, 1.82) is 0 Å². The van der Waals surface area contributed by atoms with E-state index in [1.165, 1.54) is 64.3 Å². The standard InChI is InChI=1S/C14H29N/c1-3-5-6-7-8-9-12-15-14(4-2)13-10-11-13/h13-15H,3-12H2,1-2H3. The summed E-state index contributed by atoms with van der Waals surface area (Å²) in [5.74, 6) is 1.02. The van der Waals surface area contributed by atoms with Crippen molar-refractivity contribution in [3.8, 4) is 0 Å². The van der Waals surface area contributed by atoms with Crippen LogP contribution in [0.25, 0.3) is 0 Å². The fourth-order valence-corrected chi connectivity index (χ4v) is 2.34. The van der Waals surface area contributed by atoms with Crippen LogP contribution in [0.4, 0.5) is 0 Å². The van der Waals surface area contributed by atoms with Crippen molar-refractivity contribution in [2.75, 3.05) is 6.54 Å². The van der Waals surface area contributed by atoms with Crippen molar-refractivity contribution >= 4 is 0 Å². The minimum atomic E-state index is 0.834. The van der Waals surface area contributed by atoms with Crippen LogP contribution in [-0.4, -0.2) is 12.6 Å². The largest absolute Gasteiger partial charge is 0.314 e. The van der Waals surface area contributed by atoms with E-state index in [1.807, 2.05) is 0 Å². The van der Waals surface area contributed by atoms with Crippen LogP contribution in [0.15, 0.2) is 0 Å². The van der Waals surface area contributed by atoms with Gasteiger partial charge in [0, 0.05) is 6.04 Å². The second-order valence-corrected chi connectivity index (χ2v) is 5.07. The molecule has 1 heteroatoms. The van der Waals surface area contributed by atoms with Gasteiger partial charge < -0.3 is 5.32 Å². The Bertz CT molecular complexity index is 140. The fraction of sp³-hybridized carbons (Fsp3) is 1.00. The Morgan fingerprint density at radius 3 is 2.27 bits per heavy atom. The van der Waals surface area contributed by atoms with Crippen LogP contribution in [0.2, 0.25) is 0 Å². The zero-order chi connectivity index (χ0) is 10.9. The first-order valence-electron chi connectivity index (χ1n) is 7.11. The van der Waals surface area contributed by atoms with E-state index in [2.05, 4.69) is 19.2 Å². The Kier molecular flexibility index (Phi) is 7.08. The van der Waals surface area contributed by atoms with E-state index in [9.17, 15) is 0 Å². The second kappa shape index (κ2) is 8.15. The lowest BCUT2D eigenvalue weighted by molar-refractivity contribution is 0.438. The zero-order valence-electron chi connectivity index (χ0n) is 10.7. The fourth-order valence-electron chi connectivity index (χ4n) is 2.34. The average molecular weight is 211 g/mol. The maximum Gasteiger partial charge on any atom is 0.00927 e. The molecule has 0 aromatic heterocycles. The molecule has 1 fully saturated rings. The molecule has 1 nitrogen and oxygen atoms in total. The highest BCUT2D eigenvalue weighted by molar-refractivity contribution is 4.85. The molecule has 1 aliphatic rings. The first-order valence-corrected chi connectivity index (χ1v) is 7.11. The highest BCUT2D eigenvalue weighted by Crippen LogP contribution is 2.33. The predicted octanol–water partition coefficient (Wildman–Crippen LogP) is 4.13. The lowest BCUT2D eigenvalue weighted by Crippen LogP contribution is -2.31. The van der Waals surface area contributed by atoms with Gasteiger partial charge in [0.1, 0.15) is 0 Å². The third kappa shape index (κ3) is 6.19. The Balaban J connectivity index is 1.83. The number of nitrogens with one attached hydrogen (secondary N) is 1. The van der Waals surface area contributed by atoms with Crippen LogP contribution < -0.4 is 5.32 Å². The van der Waals surface area contributed by atoms with E-state index in [4.69, 9.17) is 0 Å². The Morgan fingerprint density at radius 1 is 1.00 bits per heavy atom. The zero-order valence-corrected chi connectivity index (χ0v) is 10.7. The maximum atomic E-state index is 3.72. The molecule has 0 bridgehead atoms. The number of unbranched alkanes of at least 4 members (excludes halogenated alkanes) is 5. The molecule has 0 spiro atoms. The van der Waals surface area contributed by atoms with Crippen molar-refractivity contribution in [1.82, 2.24) is 5.32 Å². The third-order valence-electron chi connectivity index (χ3n) is 3.57. The number of hydrogen-bond acceptors (Lipinski definition) is 1. The molecule has 0 aromatic rings. The van der Waals surface area contributed by atoms with Gasteiger partial charge in [-0.1, -0.05) is 46.0 Å². The second-order valence-electron chi connectivity index (χ2n) is 5.07. The van der Waals surface area contributed by atoms with Crippen molar-refractivity contribution < 1.29 is 0 Å². The lowest BCUT2D eigenvalue weighted by Gasteiger charge is -2.15. The summed E-state index contributed by atoms with van der Waals surface area (Å²) in [5, 5.41) is 3.72. The Morgan fingerprint density at radius 2 is 1.67 bits per heavy atom. The number of rotatable bonds is 10. The molecule has 90 valence electrons. The summed E-state index contributed by atoms with van der Waals surface area (Å²) in [4.78, 5) is 0. The minimum absolute atomic E-state index is 0.834. The van der Waals surface area contributed by atoms with Gasteiger partial charge in [0.15, 0.2) is 0 Å². The van der Waals surface area contributed by atoms with Crippen LogP contribution in [0.1, 0.15) is 71.6 Å². The van der Waals surface area contributed by atoms with E-state index in [0.717, 1.165) is 12.0 Å². The van der Waals surface area contributed by atoms with Crippen LogP contribution in [0, 0.1) is 5.92 Å².